The molecular weight excluding hydrogens is 258 g/mol. The van der Waals surface area contributed by atoms with Crippen LogP contribution in [0.2, 0.25) is 0 Å². The molecule has 0 aliphatic carbocycles. The van der Waals surface area contributed by atoms with Crippen molar-refractivity contribution >= 4 is 27.3 Å². The minimum absolute atomic E-state index is 0.837. The van der Waals surface area contributed by atoms with Gasteiger partial charge in [0.2, 0.25) is 0 Å². The maximum absolute atomic E-state index is 4.53. The molecular formula is C11H10BrNS. The maximum Gasteiger partial charge on any atom is 0.104 e. The highest BCUT2D eigenvalue weighted by Gasteiger charge is 2.05. The fourth-order valence-electron chi connectivity index (χ4n) is 1.36. The van der Waals surface area contributed by atoms with Crippen LogP contribution in [0.4, 0.5) is 0 Å². The predicted octanol–water partition coefficient (Wildman–Crippen LogP) is 4.01. The SMILES string of the molecule is Cc1ccccc1-c1csc(CBr)n1. The second-order valence-electron chi connectivity index (χ2n) is 3.08. The molecule has 0 radical (unpaired) electrons. The van der Waals surface area contributed by atoms with Gasteiger partial charge in [0.05, 0.1) is 11.0 Å². The molecule has 3 heteroatoms. The van der Waals surface area contributed by atoms with E-state index in [9.17, 15) is 0 Å². The Hall–Kier alpha value is -0.670. The molecule has 0 bridgehead atoms. The summed E-state index contributed by atoms with van der Waals surface area (Å²) >= 11 is 5.10. The van der Waals surface area contributed by atoms with Gasteiger partial charge in [0, 0.05) is 10.9 Å². The van der Waals surface area contributed by atoms with Gasteiger partial charge in [-0.3, -0.25) is 0 Å². The minimum Gasteiger partial charge on any atom is -0.240 e. The maximum atomic E-state index is 4.53. The van der Waals surface area contributed by atoms with E-state index in [2.05, 4.69) is 57.5 Å². The number of hydrogen-bond acceptors (Lipinski definition) is 2. The summed E-state index contributed by atoms with van der Waals surface area (Å²) in [5, 5.41) is 4.07. The Kier molecular flexibility index (Phi) is 2.99. The number of benzene rings is 1. The van der Waals surface area contributed by atoms with E-state index in [-0.39, 0.29) is 0 Å². The Labute approximate surface area is 95.9 Å². The van der Waals surface area contributed by atoms with Gasteiger partial charge in [-0.15, -0.1) is 11.3 Å². The zero-order valence-electron chi connectivity index (χ0n) is 7.83. The molecule has 2 rings (SSSR count). The fourth-order valence-corrected chi connectivity index (χ4v) is 2.52. The summed E-state index contributed by atoms with van der Waals surface area (Å²) in [6.07, 6.45) is 0. The monoisotopic (exact) mass is 267 g/mol. The van der Waals surface area contributed by atoms with Crippen molar-refractivity contribution in [3.8, 4) is 11.3 Å². The van der Waals surface area contributed by atoms with E-state index in [4.69, 9.17) is 0 Å². The number of hydrogen-bond donors (Lipinski definition) is 0. The van der Waals surface area contributed by atoms with Gasteiger partial charge in [0.15, 0.2) is 0 Å². The quantitative estimate of drug-likeness (QED) is 0.750. The molecule has 0 saturated heterocycles. The molecule has 1 nitrogen and oxygen atoms in total. The second-order valence-corrected chi connectivity index (χ2v) is 4.58. The number of alkyl halides is 1. The lowest BCUT2D eigenvalue weighted by Crippen LogP contribution is -1.83. The molecule has 2 aromatic rings. The van der Waals surface area contributed by atoms with Crippen LogP contribution in [-0.2, 0) is 5.33 Å². The first-order valence-electron chi connectivity index (χ1n) is 4.37. The molecule has 1 aromatic heterocycles. The van der Waals surface area contributed by atoms with Gasteiger partial charge in [-0.05, 0) is 12.5 Å². The van der Waals surface area contributed by atoms with Gasteiger partial charge >= 0.3 is 0 Å². The van der Waals surface area contributed by atoms with Gasteiger partial charge in [-0.1, -0.05) is 40.2 Å². The number of aryl methyl sites for hydroxylation is 1. The summed E-state index contributed by atoms with van der Waals surface area (Å²) < 4.78 is 0. The fraction of sp³-hybridized carbons (Fsp3) is 0.182. The Morgan fingerprint density at radius 1 is 1.36 bits per heavy atom. The van der Waals surface area contributed by atoms with Crippen molar-refractivity contribution < 1.29 is 0 Å². The lowest BCUT2D eigenvalue weighted by atomic mass is 10.1. The number of halogens is 1. The number of aromatic nitrogens is 1. The van der Waals surface area contributed by atoms with Crippen molar-refractivity contribution in [2.75, 3.05) is 0 Å². The molecule has 0 aliphatic rings. The minimum atomic E-state index is 0.837. The van der Waals surface area contributed by atoms with E-state index in [0.717, 1.165) is 16.0 Å². The topological polar surface area (TPSA) is 12.9 Å². The highest BCUT2D eigenvalue weighted by molar-refractivity contribution is 9.08. The lowest BCUT2D eigenvalue weighted by molar-refractivity contribution is 1.27. The van der Waals surface area contributed by atoms with Gasteiger partial charge in [-0.2, -0.15) is 0 Å². The summed E-state index contributed by atoms with van der Waals surface area (Å²) in [7, 11) is 0. The van der Waals surface area contributed by atoms with Crippen molar-refractivity contribution in [1.29, 1.82) is 0 Å². The highest BCUT2D eigenvalue weighted by Crippen LogP contribution is 2.25. The van der Waals surface area contributed by atoms with E-state index in [1.165, 1.54) is 11.1 Å². The van der Waals surface area contributed by atoms with E-state index < -0.39 is 0 Å². The third-order valence-corrected chi connectivity index (χ3v) is 3.84. The number of nitrogens with zero attached hydrogens (tertiary/aromatic N) is 1. The largest absolute Gasteiger partial charge is 0.240 e. The Morgan fingerprint density at radius 2 is 2.14 bits per heavy atom. The number of rotatable bonds is 2. The Bertz CT molecular complexity index is 436. The van der Waals surface area contributed by atoms with Crippen LogP contribution in [0.25, 0.3) is 11.3 Å². The van der Waals surface area contributed by atoms with E-state index in [0.29, 0.717) is 0 Å². The first kappa shape index (κ1) is 9.87. The molecule has 0 amide bonds. The van der Waals surface area contributed by atoms with Crippen LogP contribution in [0.15, 0.2) is 29.6 Å². The molecule has 0 N–H and O–H groups in total. The molecule has 0 spiro atoms. The Balaban J connectivity index is 2.44. The van der Waals surface area contributed by atoms with Crippen molar-refractivity contribution in [2.24, 2.45) is 0 Å². The summed E-state index contributed by atoms with van der Waals surface area (Å²) in [6.45, 7) is 2.11. The van der Waals surface area contributed by atoms with Crippen LogP contribution in [0.5, 0.6) is 0 Å². The second kappa shape index (κ2) is 4.24. The third kappa shape index (κ3) is 1.88. The molecule has 72 valence electrons. The first-order valence-corrected chi connectivity index (χ1v) is 6.38. The van der Waals surface area contributed by atoms with Gasteiger partial charge < -0.3 is 0 Å². The van der Waals surface area contributed by atoms with Crippen molar-refractivity contribution in [3.05, 3.63) is 40.2 Å². The van der Waals surface area contributed by atoms with Crippen molar-refractivity contribution in [1.82, 2.24) is 4.98 Å². The normalized spacial score (nSPS) is 10.4. The molecule has 0 aliphatic heterocycles. The highest BCUT2D eigenvalue weighted by atomic mass is 79.9. The average molecular weight is 268 g/mol. The predicted molar refractivity (Wildman–Crippen MR) is 64.9 cm³/mol. The van der Waals surface area contributed by atoms with E-state index >= 15 is 0 Å². The molecule has 0 saturated carbocycles. The lowest BCUT2D eigenvalue weighted by Gasteiger charge is -2.00. The van der Waals surface area contributed by atoms with Gasteiger partial charge in [0.25, 0.3) is 0 Å². The summed E-state index contributed by atoms with van der Waals surface area (Å²) in [6, 6.07) is 8.33. The zero-order chi connectivity index (χ0) is 9.97. The molecule has 0 fully saturated rings. The molecule has 1 heterocycles. The molecule has 1 aromatic carbocycles. The smallest absolute Gasteiger partial charge is 0.104 e. The van der Waals surface area contributed by atoms with Crippen LogP contribution in [0.1, 0.15) is 10.6 Å². The summed E-state index contributed by atoms with van der Waals surface area (Å²) in [4.78, 5) is 4.53. The van der Waals surface area contributed by atoms with Gasteiger partial charge in [-0.25, -0.2) is 4.98 Å². The van der Waals surface area contributed by atoms with E-state index in [1.54, 1.807) is 11.3 Å². The van der Waals surface area contributed by atoms with Crippen molar-refractivity contribution in [2.45, 2.75) is 12.3 Å². The zero-order valence-corrected chi connectivity index (χ0v) is 10.2. The van der Waals surface area contributed by atoms with Crippen LogP contribution < -0.4 is 0 Å². The summed E-state index contributed by atoms with van der Waals surface area (Å²) in [5.74, 6) is 0. The van der Waals surface area contributed by atoms with Crippen molar-refractivity contribution in [3.63, 3.8) is 0 Å². The molecule has 0 unspecified atom stereocenters. The Morgan fingerprint density at radius 3 is 2.79 bits per heavy atom. The van der Waals surface area contributed by atoms with Crippen LogP contribution in [-0.4, -0.2) is 4.98 Å². The van der Waals surface area contributed by atoms with Gasteiger partial charge in [0.1, 0.15) is 5.01 Å². The standard InChI is InChI=1S/C11H10BrNS/c1-8-4-2-3-5-9(8)10-7-14-11(6-12)13-10/h2-5,7H,6H2,1H3. The average Bonchev–Trinajstić information content (AvgIpc) is 2.67. The van der Waals surface area contributed by atoms with Crippen LogP contribution in [0, 0.1) is 6.92 Å². The molecule has 0 atom stereocenters. The van der Waals surface area contributed by atoms with E-state index in [1.807, 2.05) is 0 Å². The van der Waals surface area contributed by atoms with Crippen LogP contribution >= 0.6 is 27.3 Å². The first-order chi connectivity index (χ1) is 6.81. The summed E-state index contributed by atoms with van der Waals surface area (Å²) in [5.41, 5.74) is 3.59. The van der Waals surface area contributed by atoms with Crippen LogP contribution in [0.3, 0.4) is 0 Å². The molecule has 14 heavy (non-hydrogen) atoms. The third-order valence-electron chi connectivity index (χ3n) is 2.09. The number of thiazole rings is 1.